The summed E-state index contributed by atoms with van der Waals surface area (Å²) in [6, 6.07) is 4.61. The molecule has 5 heteroatoms. The van der Waals surface area contributed by atoms with E-state index in [1.165, 1.54) is 24.1 Å². The van der Waals surface area contributed by atoms with Gasteiger partial charge in [0, 0.05) is 38.0 Å². The fourth-order valence-electron chi connectivity index (χ4n) is 1.31. The van der Waals surface area contributed by atoms with Crippen molar-refractivity contribution in [3.8, 4) is 0 Å². The minimum absolute atomic E-state index is 0.183. The highest BCUT2D eigenvalue weighted by molar-refractivity contribution is 6.00. The van der Waals surface area contributed by atoms with E-state index in [1.807, 2.05) is 0 Å². The van der Waals surface area contributed by atoms with E-state index in [0.717, 1.165) is 0 Å². The van der Waals surface area contributed by atoms with E-state index < -0.39 is 0 Å². The van der Waals surface area contributed by atoms with E-state index in [1.54, 1.807) is 20.2 Å². The molecule has 0 saturated heterocycles. The van der Waals surface area contributed by atoms with Crippen molar-refractivity contribution in [3.05, 3.63) is 29.3 Å². The predicted molar refractivity (Wildman–Crippen MR) is 62.3 cm³/mol. The number of anilines is 1. The molecule has 86 valence electrons. The Balaban J connectivity index is 3.18. The van der Waals surface area contributed by atoms with Crippen LogP contribution in [0.5, 0.6) is 0 Å². The van der Waals surface area contributed by atoms with Crippen LogP contribution in [-0.4, -0.2) is 37.9 Å². The molecule has 0 aliphatic rings. The van der Waals surface area contributed by atoms with Gasteiger partial charge in [0.2, 0.25) is 0 Å². The first-order valence-corrected chi connectivity index (χ1v) is 4.80. The maximum atomic E-state index is 11.7. The van der Waals surface area contributed by atoms with Crippen LogP contribution in [0.1, 0.15) is 20.7 Å². The van der Waals surface area contributed by atoms with Gasteiger partial charge >= 0.3 is 0 Å². The van der Waals surface area contributed by atoms with E-state index >= 15 is 0 Å². The number of nitrogens with zero attached hydrogens (tertiary/aromatic N) is 1. The normalized spacial score (nSPS) is 9.69. The van der Waals surface area contributed by atoms with Gasteiger partial charge in [-0.15, -0.1) is 0 Å². The third-order valence-electron chi connectivity index (χ3n) is 2.10. The van der Waals surface area contributed by atoms with E-state index in [0.29, 0.717) is 16.8 Å². The van der Waals surface area contributed by atoms with Gasteiger partial charge in [-0.1, -0.05) is 0 Å². The largest absolute Gasteiger partial charge is 0.399 e. The van der Waals surface area contributed by atoms with Crippen molar-refractivity contribution in [2.75, 3.05) is 26.9 Å². The molecule has 1 aromatic rings. The Morgan fingerprint density at radius 3 is 2.25 bits per heavy atom. The molecule has 0 fully saturated rings. The van der Waals surface area contributed by atoms with E-state index in [4.69, 9.17) is 5.73 Å². The standard InChI is InChI=1S/C11H15N3O2/c1-13-10(15)7-4-8(6-9(12)5-7)11(16)14(2)3/h4-6H,12H2,1-3H3,(H,13,15). The molecule has 0 atom stereocenters. The molecule has 0 radical (unpaired) electrons. The fourth-order valence-corrected chi connectivity index (χ4v) is 1.31. The Morgan fingerprint density at radius 1 is 1.19 bits per heavy atom. The molecule has 0 spiro atoms. The van der Waals surface area contributed by atoms with E-state index in [-0.39, 0.29) is 11.8 Å². The Bertz CT molecular complexity index is 427. The highest BCUT2D eigenvalue weighted by Gasteiger charge is 2.12. The molecular weight excluding hydrogens is 206 g/mol. The van der Waals surface area contributed by atoms with Gasteiger partial charge in [0.1, 0.15) is 0 Å². The number of hydrogen-bond donors (Lipinski definition) is 2. The molecule has 16 heavy (non-hydrogen) atoms. The Labute approximate surface area is 94.2 Å². The zero-order valence-electron chi connectivity index (χ0n) is 9.57. The molecule has 1 aromatic carbocycles. The summed E-state index contributed by atoms with van der Waals surface area (Å²) < 4.78 is 0. The molecule has 0 aliphatic heterocycles. The first-order valence-electron chi connectivity index (χ1n) is 4.80. The molecule has 1 rings (SSSR count). The van der Waals surface area contributed by atoms with Crippen molar-refractivity contribution in [2.24, 2.45) is 0 Å². The minimum Gasteiger partial charge on any atom is -0.399 e. The first kappa shape index (κ1) is 12.0. The van der Waals surface area contributed by atoms with Crippen LogP contribution in [0.15, 0.2) is 18.2 Å². The smallest absolute Gasteiger partial charge is 0.253 e. The zero-order valence-corrected chi connectivity index (χ0v) is 9.57. The molecular formula is C11H15N3O2. The average molecular weight is 221 g/mol. The number of carbonyl (C=O) groups excluding carboxylic acids is 2. The highest BCUT2D eigenvalue weighted by atomic mass is 16.2. The molecule has 0 unspecified atom stereocenters. The molecule has 0 aromatic heterocycles. The summed E-state index contributed by atoms with van der Waals surface area (Å²) >= 11 is 0. The lowest BCUT2D eigenvalue weighted by Crippen LogP contribution is -2.23. The zero-order chi connectivity index (χ0) is 12.3. The molecule has 0 saturated carbocycles. The SMILES string of the molecule is CNC(=O)c1cc(N)cc(C(=O)N(C)C)c1. The molecule has 0 heterocycles. The van der Waals surface area contributed by atoms with Gasteiger partial charge in [-0.3, -0.25) is 9.59 Å². The topological polar surface area (TPSA) is 75.4 Å². The third-order valence-corrected chi connectivity index (χ3v) is 2.10. The van der Waals surface area contributed by atoms with Gasteiger partial charge in [0.05, 0.1) is 0 Å². The van der Waals surface area contributed by atoms with Crippen molar-refractivity contribution < 1.29 is 9.59 Å². The van der Waals surface area contributed by atoms with Crippen molar-refractivity contribution in [1.82, 2.24) is 10.2 Å². The molecule has 3 N–H and O–H groups in total. The summed E-state index contributed by atoms with van der Waals surface area (Å²) in [5, 5.41) is 2.48. The summed E-state index contributed by atoms with van der Waals surface area (Å²) in [4.78, 5) is 24.6. The van der Waals surface area contributed by atoms with Crippen molar-refractivity contribution >= 4 is 17.5 Å². The number of nitrogens with one attached hydrogen (secondary N) is 1. The van der Waals surface area contributed by atoms with Crippen molar-refractivity contribution in [3.63, 3.8) is 0 Å². The monoisotopic (exact) mass is 221 g/mol. The lowest BCUT2D eigenvalue weighted by Gasteiger charge is -2.11. The van der Waals surface area contributed by atoms with Gasteiger partial charge in [0.15, 0.2) is 0 Å². The van der Waals surface area contributed by atoms with Gasteiger partial charge in [0.25, 0.3) is 11.8 Å². The number of nitrogens with two attached hydrogens (primary N) is 1. The van der Waals surface area contributed by atoms with Gasteiger partial charge < -0.3 is 16.0 Å². The second kappa shape index (κ2) is 4.65. The summed E-state index contributed by atoms with van der Waals surface area (Å²) in [7, 11) is 4.81. The molecule has 2 amide bonds. The third kappa shape index (κ3) is 2.50. The van der Waals surface area contributed by atoms with Crippen molar-refractivity contribution in [1.29, 1.82) is 0 Å². The molecule has 0 aliphatic carbocycles. The second-order valence-corrected chi connectivity index (χ2v) is 3.62. The quantitative estimate of drug-likeness (QED) is 0.707. The summed E-state index contributed by atoms with van der Waals surface area (Å²) in [6.07, 6.45) is 0. The fraction of sp³-hybridized carbons (Fsp3) is 0.273. The summed E-state index contributed by atoms with van der Waals surface area (Å²) in [5.74, 6) is -0.447. The van der Waals surface area contributed by atoms with E-state index in [9.17, 15) is 9.59 Å². The highest BCUT2D eigenvalue weighted by Crippen LogP contribution is 2.13. The summed E-state index contributed by atoms with van der Waals surface area (Å²) in [5.41, 5.74) is 6.82. The number of hydrogen-bond acceptors (Lipinski definition) is 3. The van der Waals surface area contributed by atoms with Crippen LogP contribution in [0.25, 0.3) is 0 Å². The Kier molecular flexibility index (Phi) is 3.50. The lowest BCUT2D eigenvalue weighted by atomic mass is 10.1. The maximum Gasteiger partial charge on any atom is 0.253 e. The van der Waals surface area contributed by atoms with E-state index in [2.05, 4.69) is 5.32 Å². The predicted octanol–water partition coefficient (Wildman–Crippen LogP) is 0.330. The second-order valence-electron chi connectivity index (χ2n) is 3.62. The number of amides is 2. The number of nitrogen functional groups attached to an aromatic ring is 1. The summed E-state index contributed by atoms with van der Waals surface area (Å²) in [6.45, 7) is 0. The Morgan fingerprint density at radius 2 is 1.75 bits per heavy atom. The van der Waals surface area contributed by atoms with Crippen LogP contribution >= 0.6 is 0 Å². The average Bonchev–Trinajstić information content (AvgIpc) is 2.25. The van der Waals surface area contributed by atoms with Crippen LogP contribution in [0.4, 0.5) is 5.69 Å². The van der Waals surface area contributed by atoms with Gasteiger partial charge in [-0.25, -0.2) is 0 Å². The van der Waals surface area contributed by atoms with Crippen LogP contribution in [0.3, 0.4) is 0 Å². The first-order chi connectivity index (χ1) is 7.45. The van der Waals surface area contributed by atoms with Crippen LogP contribution in [0, 0.1) is 0 Å². The van der Waals surface area contributed by atoms with Gasteiger partial charge in [-0.05, 0) is 18.2 Å². The number of benzene rings is 1. The number of rotatable bonds is 2. The molecule has 0 bridgehead atoms. The van der Waals surface area contributed by atoms with Crippen LogP contribution in [0.2, 0.25) is 0 Å². The minimum atomic E-state index is -0.264. The Hall–Kier alpha value is -2.04. The van der Waals surface area contributed by atoms with Crippen molar-refractivity contribution in [2.45, 2.75) is 0 Å². The number of carbonyl (C=O) groups is 2. The maximum absolute atomic E-state index is 11.7. The molecule has 5 nitrogen and oxygen atoms in total. The van der Waals surface area contributed by atoms with Crippen LogP contribution in [-0.2, 0) is 0 Å². The lowest BCUT2D eigenvalue weighted by molar-refractivity contribution is 0.0827. The van der Waals surface area contributed by atoms with Gasteiger partial charge in [-0.2, -0.15) is 0 Å². The van der Waals surface area contributed by atoms with Crippen LogP contribution < -0.4 is 11.1 Å².